The predicted octanol–water partition coefficient (Wildman–Crippen LogP) is 2.95. The van der Waals surface area contributed by atoms with E-state index in [1.54, 1.807) is 12.1 Å². The maximum Gasteiger partial charge on any atom is 0.200 e. The quantitative estimate of drug-likeness (QED) is 0.589. The van der Waals surface area contributed by atoms with Gasteiger partial charge in [0.05, 0.1) is 10.8 Å². The molecule has 0 bridgehead atoms. The first-order valence-corrected chi connectivity index (χ1v) is 4.77. The van der Waals surface area contributed by atoms with Gasteiger partial charge in [0, 0.05) is 40.8 Å². The molecule has 2 aromatic carbocycles. The second kappa shape index (κ2) is 4.63. The van der Waals surface area contributed by atoms with E-state index in [0.717, 1.165) is 0 Å². The smallest absolute Gasteiger partial charge is 0.200 e. The van der Waals surface area contributed by atoms with Crippen molar-refractivity contribution in [2.45, 2.75) is 0 Å². The van der Waals surface area contributed by atoms with Crippen LogP contribution < -0.4 is 5.43 Å². The van der Waals surface area contributed by atoms with Crippen molar-refractivity contribution >= 4 is 21.9 Å². The van der Waals surface area contributed by atoms with E-state index in [1.165, 1.54) is 0 Å². The zero-order valence-corrected chi connectivity index (χ0v) is 11.6. The molecule has 2 nitrogen and oxygen atoms in total. The summed E-state index contributed by atoms with van der Waals surface area (Å²) in [4.78, 5) is 12.0. The van der Waals surface area contributed by atoms with Crippen molar-refractivity contribution in [2.75, 3.05) is 0 Å². The van der Waals surface area contributed by atoms with Gasteiger partial charge in [-0.15, -0.1) is 0 Å². The Bertz CT molecular complexity index is 644. The first kappa shape index (κ1) is 11.7. The molecule has 1 aromatic heterocycles. The zero-order valence-electron chi connectivity index (χ0n) is 8.44. The van der Waals surface area contributed by atoms with Crippen molar-refractivity contribution in [1.82, 2.24) is 0 Å². The number of hydrogen-bond donors (Lipinski definition) is 0. The third-order valence-corrected chi connectivity index (χ3v) is 2.48. The van der Waals surface area contributed by atoms with E-state index in [4.69, 9.17) is 4.42 Å². The Morgan fingerprint density at radius 3 is 1.69 bits per heavy atom. The van der Waals surface area contributed by atoms with Gasteiger partial charge in [-0.1, -0.05) is 24.3 Å². The zero-order chi connectivity index (χ0) is 10.3. The van der Waals surface area contributed by atoms with Gasteiger partial charge in [-0.05, 0) is 24.3 Å². The van der Waals surface area contributed by atoms with Crippen molar-refractivity contribution in [3.63, 3.8) is 0 Å². The van der Waals surface area contributed by atoms with E-state index in [2.05, 4.69) is 0 Å². The fraction of sp³-hybridized carbons (Fsp3) is 0. The molecule has 0 spiro atoms. The van der Waals surface area contributed by atoms with Crippen molar-refractivity contribution in [3.8, 4) is 0 Å². The Kier molecular flexibility index (Phi) is 3.40. The van der Waals surface area contributed by atoms with Crippen LogP contribution in [0.5, 0.6) is 0 Å². The van der Waals surface area contributed by atoms with Gasteiger partial charge in [0.1, 0.15) is 11.2 Å². The summed E-state index contributed by atoms with van der Waals surface area (Å²) in [7, 11) is 0. The van der Waals surface area contributed by atoms with Gasteiger partial charge in [0.15, 0.2) is 0 Å². The molecule has 0 aliphatic carbocycles. The van der Waals surface area contributed by atoms with Crippen LogP contribution in [0, 0.1) is 40.8 Å². The Labute approximate surface area is 125 Å². The Morgan fingerprint density at radius 2 is 1.19 bits per heavy atom. The molecule has 3 aromatic rings. The normalized spacial score (nSPS) is 10.2. The van der Waals surface area contributed by atoms with E-state index in [1.807, 2.05) is 36.4 Å². The van der Waals surface area contributed by atoms with Crippen LogP contribution >= 0.6 is 0 Å². The average molecular weight is 340 g/mol. The van der Waals surface area contributed by atoms with E-state index in [0.29, 0.717) is 21.9 Å². The minimum Gasteiger partial charge on any atom is -0.456 e. The third-order valence-electron chi connectivity index (χ3n) is 2.48. The molecule has 0 aliphatic rings. The van der Waals surface area contributed by atoms with E-state index < -0.39 is 0 Å². The van der Waals surface area contributed by atoms with Crippen LogP contribution in [0.4, 0.5) is 0 Å². The molecule has 0 radical (unpaired) electrons. The number of para-hydroxylation sites is 2. The van der Waals surface area contributed by atoms with Crippen LogP contribution in [-0.2, 0) is 0 Å². The molecule has 0 unspecified atom stereocenters. The van der Waals surface area contributed by atoms with Crippen LogP contribution in [0.3, 0.4) is 0 Å². The molecule has 16 heavy (non-hydrogen) atoms. The fourth-order valence-electron chi connectivity index (χ4n) is 1.75. The number of benzene rings is 2. The SMILES string of the molecule is O=c1c2ccccc2oc2ccccc12.[Nd]. The molecule has 76 valence electrons. The topological polar surface area (TPSA) is 30.2 Å². The van der Waals surface area contributed by atoms with Crippen LogP contribution in [0.25, 0.3) is 21.9 Å². The van der Waals surface area contributed by atoms with Crippen LogP contribution in [-0.4, -0.2) is 0 Å². The molecule has 1 heterocycles. The minimum atomic E-state index is 0. The van der Waals surface area contributed by atoms with E-state index in [-0.39, 0.29) is 46.3 Å². The molecule has 0 fully saturated rings. The van der Waals surface area contributed by atoms with Gasteiger partial charge in [-0.3, -0.25) is 4.79 Å². The minimum absolute atomic E-state index is 0. The summed E-state index contributed by atoms with van der Waals surface area (Å²) in [6.07, 6.45) is 0. The largest absolute Gasteiger partial charge is 0.456 e. The van der Waals surface area contributed by atoms with Crippen LogP contribution in [0.2, 0.25) is 0 Å². The standard InChI is InChI=1S/C13H8O2.Nd/c14-13-9-5-1-3-7-11(9)15-12-8-4-2-6-10(12)13;/h1-8H;. The first-order valence-electron chi connectivity index (χ1n) is 4.77. The Balaban J connectivity index is 0.000000963. The fourth-order valence-corrected chi connectivity index (χ4v) is 1.75. The Morgan fingerprint density at radius 1 is 0.750 bits per heavy atom. The maximum atomic E-state index is 12.0. The molecule has 0 aliphatic heterocycles. The summed E-state index contributed by atoms with van der Waals surface area (Å²) in [5, 5.41) is 1.27. The van der Waals surface area contributed by atoms with Gasteiger partial charge in [-0.25, -0.2) is 0 Å². The maximum absolute atomic E-state index is 12.0. The third kappa shape index (κ3) is 1.80. The second-order valence-corrected chi connectivity index (χ2v) is 3.42. The van der Waals surface area contributed by atoms with Gasteiger partial charge in [-0.2, -0.15) is 0 Å². The second-order valence-electron chi connectivity index (χ2n) is 3.42. The predicted molar refractivity (Wildman–Crippen MR) is 60.0 cm³/mol. The summed E-state index contributed by atoms with van der Waals surface area (Å²) in [5.74, 6) is 0. The van der Waals surface area contributed by atoms with Gasteiger partial charge >= 0.3 is 0 Å². The van der Waals surface area contributed by atoms with Crippen molar-refractivity contribution in [3.05, 3.63) is 58.8 Å². The monoisotopic (exact) mass is 338 g/mol. The van der Waals surface area contributed by atoms with Crippen LogP contribution in [0.15, 0.2) is 57.7 Å². The summed E-state index contributed by atoms with van der Waals surface area (Å²) >= 11 is 0. The van der Waals surface area contributed by atoms with E-state index in [9.17, 15) is 4.79 Å². The van der Waals surface area contributed by atoms with Crippen molar-refractivity contribution in [1.29, 1.82) is 0 Å². The number of fused-ring (bicyclic) bond motifs is 2. The number of hydrogen-bond acceptors (Lipinski definition) is 2. The first-order chi connectivity index (χ1) is 7.36. The van der Waals surface area contributed by atoms with Gasteiger partial charge < -0.3 is 4.42 Å². The molecule has 0 atom stereocenters. The Hall–Kier alpha value is -0.739. The average Bonchev–Trinajstić information content (AvgIpc) is 2.30. The summed E-state index contributed by atoms with van der Waals surface area (Å²) in [5.41, 5.74) is 1.31. The summed E-state index contributed by atoms with van der Waals surface area (Å²) in [6, 6.07) is 14.6. The molecule has 0 saturated heterocycles. The molecule has 0 saturated carbocycles. The van der Waals surface area contributed by atoms with Crippen molar-refractivity contribution in [2.24, 2.45) is 0 Å². The molecular formula is C13H8NdO2. The van der Waals surface area contributed by atoms with Crippen molar-refractivity contribution < 1.29 is 45.3 Å². The molecule has 0 amide bonds. The van der Waals surface area contributed by atoms with E-state index >= 15 is 0 Å². The molecule has 3 rings (SSSR count). The van der Waals surface area contributed by atoms with Crippen LogP contribution in [0.1, 0.15) is 0 Å². The molecule has 0 N–H and O–H groups in total. The molecular weight excluding hydrogens is 332 g/mol. The summed E-state index contributed by atoms with van der Waals surface area (Å²) in [6.45, 7) is 0. The van der Waals surface area contributed by atoms with Gasteiger partial charge in [0.2, 0.25) is 5.43 Å². The summed E-state index contributed by atoms with van der Waals surface area (Å²) < 4.78 is 5.63. The van der Waals surface area contributed by atoms with Gasteiger partial charge in [0.25, 0.3) is 0 Å². The number of rotatable bonds is 0. The molecule has 3 heteroatoms.